The Labute approximate surface area is 250 Å². The van der Waals surface area contributed by atoms with Crippen LogP contribution in [0.25, 0.3) is 0 Å². The number of nitrogen functional groups attached to an aromatic ring is 1. The molecule has 2 unspecified atom stereocenters. The Hall–Kier alpha value is -3.47. The summed E-state index contributed by atoms with van der Waals surface area (Å²) in [6, 6.07) is 13.8. The maximum absolute atomic E-state index is 13.9. The molecule has 1 aliphatic heterocycles. The first-order valence-corrected chi connectivity index (χ1v) is 15.8. The first-order valence-electron chi connectivity index (χ1n) is 14.7. The molecule has 2 aliphatic carbocycles. The minimum atomic E-state index is -1.38. The lowest BCUT2D eigenvalue weighted by molar-refractivity contribution is -0.137. The molecule has 2 saturated carbocycles. The summed E-state index contributed by atoms with van der Waals surface area (Å²) in [5.74, 6) is 6.48. The molecule has 2 aromatic carbocycles. The van der Waals surface area contributed by atoms with Gasteiger partial charge in [-0.15, -0.1) is 0 Å². The molecule has 0 amide bonds. The zero-order chi connectivity index (χ0) is 29.8. The number of aliphatic carboxylic acids is 1. The van der Waals surface area contributed by atoms with Gasteiger partial charge in [0.05, 0.1) is 28.2 Å². The van der Waals surface area contributed by atoms with Gasteiger partial charge in [0.15, 0.2) is 0 Å². The number of hydrazine groups is 1. The normalized spacial score (nSPS) is 20.2. The summed E-state index contributed by atoms with van der Waals surface area (Å²) in [6.45, 7) is 5.91. The number of carboxylic acids is 1. The second kappa shape index (κ2) is 11.0. The molecule has 1 spiro atoms. The van der Waals surface area contributed by atoms with Gasteiger partial charge in [0.2, 0.25) is 0 Å². The standard InChI is InChI=1S/C32H40N6O3S/c1-20-6-9-23(26(16-29(39)40)25-10-11-27(30(33)21(25)2)38(34)17-22-7-8-22)15-24(20)18-37-19-32(12-13-32)36(3)31-28(42(37)41)5-4-14-35-31/h4-6,9-11,14-15,22,26H,7-8,12-13,16-19,33-34H2,1-3H3,(H,39,40). The lowest BCUT2D eigenvalue weighted by atomic mass is 9.84. The van der Waals surface area contributed by atoms with Gasteiger partial charge < -0.3 is 20.7 Å². The largest absolute Gasteiger partial charge is 0.481 e. The minimum Gasteiger partial charge on any atom is -0.481 e. The number of pyridine rings is 1. The van der Waals surface area contributed by atoms with Crippen LogP contribution in [0, 0.1) is 19.8 Å². The molecule has 5 N–H and O–H groups in total. The van der Waals surface area contributed by atoms with Crippen LogP contribution in [0.3, 0.4) is 0 Å². The fourth-order valence-electron chi connectivity index (χ4n) is 6.27. The fourth-order valence-corrected chi connectivity index (χ4v) is 7.70. The number of benzene rings is 2. The van der Waals surface area contributed by atoms with E-state index in [1.165, 1.54) is 12.8 Å². The number of hydrogen-bond acceptors (Lipinski definition) is 7. The molecule has 9 nitrogen and oxygen atoms in total. The van der Waals surface area contributed by atoms with Gasteiger partial charge in [0.1, 0.15) is 16.8 Å². The molecular formula is C32H40N6O3S. The molecule has 0 bridgehead atoms. The Balaban J connectivity index is 1.33. The predicted molar refractivity (Wildman–Crippen MR) is 167 cm³/mol. The van der Waals surface area contributed by atoms with Crippen molar-refractivity contribution in [3.63, 3.8) is 0 Å². The van der Waals surface area contributed by atoms with Crippen LogP contribution in [0.2, 0.25) is 0 Å². The van der Waals surface area contributed by atoms with Gasteiger partial charge in [0, 0.05) is 38.8 Å². The first-order chi connectivity index (χ1) is 20.1. The second-order valence-corrected chi connectivity index (χ2v) is 13.8. The molecule has 42 heavy (non-hydrogen) atoms. The van der Waals surface area contributed by atoms with E-state index in [1.807, 2.05) is 54.6 Å². The van der Waals surface area contributed by atoms with E-state index in [9.17, 15) is 14.1 Å². The number of likely N-dealkylation sites (N-methyl/N-ethyl adjacent to an activating group) is 1. The van der Waals surface area contributed by atoms with E-state index in [1.54, 1.807) is 11.2 Å². The fraction of sp³-hybridized carbons (Fsp3) is 0.438. The van der Waals surface area contributed by atoms with Crippen LogP contribution in [0.4, 0.5) is 17.2 Å². The highest BCUT2D eigenvalue weighted by molar-refractivity contribution is 7.82. The number of aryl methyl sites for hydroxylation is 1. The van der Waals surface area contributed by atoms with E-state index in [2.05, 4.69) is 23.0 Å². The van der Waals surface area contributed by atoms with Gasteiger partial charge in [-0.2, -0.15) is 0 Å². The Morgan fingerprint density at radius 3 is 2.67 bits per heavy atom. The van der Waals surface area contributed by atoms with Gasteiger partial charge in [-0.1, -0.05) is 24.3 Å². The SMILES string of the molecule is Cc1ccc(C(CC(=O)O)c2ccc(N(N)CC3CC3)c(N)c2C)cc1CN1CC2(CC2)N(C)c2ncccc2S1=O. The molecule has 3 aliphatic rings. The maximum Gasteiger partial charge on any atom is 0.304 e. The summed E-state index contributed by atoms with van der Waals surface area (Å²) < 4.78 is 15.9. The van der Waals surface area contributed by atoms with E-state index in [0.29, 0.717) is 24.7 Å². The Morgan fingerprint density at radius 2 is 1.98 bits per heavy atom. The maximum atomic E-state index is 13.9. The summed E-state index contributed by atoms with van der Waals surface area (Å²) in [5, 5.41) is 11.7. The molecule has 0 radical (unpaired) electrons. The first kappa shape index (κ1) is 28.6. The van der Waals surface area contributed by atoms with E-state index < -0.39 is 22.9 Å². The van der Waals surface area contributed by atoms with E-state index in [-0.39, 0.29) is 12.0 Å². The number of carbonyl (C=O) groups is 1. The topological polar surface area (TPSA) is 129 Å². The van der Waals surface area contributed by atoms with Crippen molar-refractivity contribution in [1.82, 2.24) is 9.29 Å². The van der Waals surface area contributed by atoms with Crippen LogP contribution >= 0.6 is 0 Å². The lowest BCUT2D eigenvalue weighted by Crippen LogP contribution is -2.42. The monoisotopic (exact) mass is 588 g/mol. The molecule has 2 atom stereocenters. The molecule has 2 heterocycles. The van der Waals surface area contributed by atoms with Crippen molar-refractivity contribution < 1.29 is 14.1 Å². The van der Waals surface area contributed by atoms with Crippen molar-refractivity contribution in [1.29, 1.82) is 0 Å². The van der Waals surface area contributed by atoms with Crippen molar-refractivity contribution >= 4 is 34.1 Å². The highest BCUT2D eigenvalue weighted by atomic mass is 32.2. The van der Waals surface area contributed by atoms with Crippen LogP contribution in [-0.4, -0.2) is 50.3 Å². The highest BCUT2D eigenvalue weighted by Crippen LogP contribution is 2.47. The van der Waals surface area contributed by atoms with Crippen LogP contribution in [0.5, 0.6) is 0 Å². The second-order valence-electron chi connectivity index (χ2n) is 12.3. The number of aromatic nitrogens is 1. The lowest BCUT2D eigenvalue weighted by Gasteiger charge is -2.30. The molecule has 2 fully saturated rings. The van der Waals surface area contributed by atoms with E-state index in [4.69, 9.17) is 11.6 Å². The third-order valence-electron chi connectivity index (χ3n) is 9.37. The van der Waals surface area contributed by atoms with Gasteiger partial charge in [-0.25, -0.2) is 19.3 Å². The molecule has 1 aromatic heterocycles. The number of fused-ring (bicyclic) bond motifs is 1. The third kappa shape index (κ3) is 5.39. The Kier molecular flexibility index (Phi) is 7.49. The third-order valence-corrected chi connectivity index (χ3v) is 10.8. The Morgan fingerprint density at radius 1 is 1.21 bits per heavy atom. The van der Waals surface area contributed by atoms with Crippen molar-refractivity contribution in [3.8, 4) is 0 Å². The zero-order valence-corrected chi connectivity index (χ0v) is 25.4. The van der Waals surface area contributed by atoms with Crippen LogP contribution in [-0.2, 0) is 22.3 Å². The summed E-state index contributed by atoms with van der Waals surface area (Å²) in [4.78, 5) is 19.6. The van der Waals surface area contributed by atoms with Gasteiger partial charge in [-0.05, 0) is 91.5 Å². The van der Waals surface area contributed by atoms with E-state index >= 15 is 0 Å². The molecule has 6 rings (SSSR count). The zero-order valence-electron chi connectivity index (χ0n) is 24.5. The smallest absolute Gasteiger partial charge is 0.304 e. The number of nitrogens with two attached hydrogens (primary N) is 2. The molecular weight excluding hydrogens is 548 g/mol. The van der Waals surface area contributed by atoms with Crippen LogP contribution < -0.4 is 21.5 Å². The average molecular weight is 589 g/mol. The van der Waals surface area contributed by atoms with Gasteiger partial charge in [0.25, 0.3) is 0 Å². The summed E-state index contributed by atoms with van der Waals surface area (Å²) >= 11 is 0. The molecule has 3 aromatic rings. The minimum absolute atomic E-state index is 0.0701. The van der Waals surface area contributed by atoms with Crippen molar-refractivity contribution in [2.45, 2.75) is 68.8 Å². The average Bonchev–Trinajstić information content (AvgIpc) is 3.90. The molecule has 0 saturated heterocycles. The number of rotatable bonds is 9. The van der Waals surface area contributed by atoms with Crippen molar-refractivity contribution in [2.75, 3.05) is 35.8 Å². The molecule has 222 valence electrons. The number of nitrogens with zero attached hydrogens (tertiary/aromatic N) is 4. The number of carboxylic acid groups (broad SMARTS) is 1. The number of anilines is 3. The van der Waals surface area contributed by atoms with Crippen LogP contribution in [0.1, 0.15) is 65.8 Å². The summed E-state index contributed by atoms with van der Waals surface area (Å²) in [5.41, 5.74) is 12.6. The quantitative estimate of drug-likeness (QED) is 0.190. The van der Waals surface area contributed by atoms with Crippen molar-refractivity contribution in [3.05, 3.63) is 76.5 Å². The van der Waals surface area contributed by atoms with Crippen LogP contribution in [0.15, 0.2) is 53.6 Å². The highest BCUT2D eigenvalue weighted by Gasteiger charge is 2.51. The van der Waals surface area contributed by atoms with Gasteiger partial charge >= 0.3 is 5.97 Å². The summed E-state index contributed by atoms with van der Waals surface area (Å²) in [7, 11) is 0.672. The van der Waals surface area contributed by atoms with E-state index in [0.717, 1.165) is 63.6 Å². The number of hydrogen-bond donors (Lipinski definition) is 3. The van der Waals surface area contributed by atoms with Gasteiger partial charge in [-0.3, -0.25) is 4.79 Å². The molecule has 10 heteroatoms. The predicted octanol–water partition coefficient (Wildman–Crippen LogP) is 4.48. The summed E-state index contributed by atoms with van der Waals surface area (Å²) in [6.07, 6.45) is 6.13. The van der Waals surface area contributed by atoms with Crippen molar-refractivity contribution in [2.24, 2.45) is 11.8 Å². The Bertz CT molecular complexity index is 1550.